The Hall–Kier alpha value is -5.18. The number of unbranched alkanes of at least 4 members (excludes halogenated alkanes) is 9. The van der Waals surface area contributed by atoms with Crippen molar-refractivity contribution < 1.29 is 141 Å². The topological polar surface area (TPSA) is 501 Å². The molecule has 3 fully saturated rings. The zero-order chi connectivity index (χ0) is 72.9. The second kappa shape index (κ2) is 47.2. The third-order valence-corrected chi connectivity index (χ3v) is 17.3. The molecule has 16 unspecified atom stereocenters. The van der Waals surface area contributed by atoms with Crippen LogP contribution in [-0.4, -0.2) is 270 Å². The first-order valence-electron chi connectivity index (χ1n) is 34.0. The first kappa shape index (κ1) is 86.2. The number of carbonyl (C=O) groups excluding carboxylic acids is 7. The fourth-order valence-electron chi connectivity index (χ4n) is 11.0. The number of carbonyl (C=O) groups is 7. The van der Waals surface area contributed by atoms with Gasteiger partial charge in [-0.1, -0.05) is 32.1 Å². The van der Waals surface area contributed by atoms with Gasteiger partial charge in [0.05, 0.1) is 46.1 Å². The molecule has 3 saturated heterocycles. The Morgan fingerprint density at radius 2 is 0.798 bits per heavy atom. The number of ether oxygens (including phenoxy) is 9. The van der Waals surface area contributed by atoms with Crippen molar-refractivity contribution in [3.05, 3.63) is 17.7 Å². The number of benzene rings is 1. The average Bonchev–Trinajstić information content (AvgIpc) is 0.831. The maximum atomic E-state index is 13.5. The SMILES string of the molecule is COP(=O)(O)OCCCCCCC(=O)Cc1cc(OCCNC(=O)CCCCCOC2OC(CO)C(O)C(O)C2NC(C)=O)c(OCCCC(=O)CCCCCOC2OC(CO)C(O)C(O)C2NC(C)=O)c(OCCNC(=O)CCCCCOC2OC(CO)C(O)C(O)C2NC(C)=O)c1. The highest BCUT2D eigenvalue weighted by Gasteiger charge is 2.48. The Balaban J connectivity index is 1.39. The van der Waals surface area contributed by atoms with Crippen molar-refractivity contribution in [2.24, 2.45) is 0 Å². The summed E-state index contributed by atoms with van der Waals surface area (Å²) in [5.74, 6) is -1.79. The smallest absolute Gasteiger partial charge is 0.471 e. The van der Waals surface area contributed by atoms with E-state index in [1.807, 2.05) is 0 Å². The van der Waals surface area contributed by atoms with Crippen molar-refractivity contribution >= 4 is 48.9 Å². The molecule has 0 radical (unpaired) electrons. The van der Waals surface area contributed by atoms with Gasteiger partial charge in [0.25, 0.3) is 0 Å². The van der Waals surface area contributed by atoms with E-state index in [-0.39, 0.29) is 145 Å². The number of rotatable bonds is 51. The van der Waals surface area contributed by atoms with Gasteiger partial charge in [-0.3, -0.25) is 42.6 Å². The summed E-state index contributed by atoms with van der Waals surface area (Å²) < 4.78 is 74.0. The van der Waals surface area contributed by atoms with E-state index in [4.69, 9.17) is 47.2 Å². The van der Waals surface area contributed by atoms with Crippen molar-refractivity contribution in [1.29, 1.82) is 0 Å². The van der Waals surface area contributed by atoms with Crippen LogP contribution in [0.1, 0.15) is 148 Å². The molecule has 16 atom stereocenters. The van der Waals surface area contributed by atoms with Crippen LogP contribution >= 0.6 is 7.82 Å². The van der Waals surface area contributed by atoms with E-state index in [9.17, 15) is 89.0 Å². The van der Waals surface area contributed by atoms with E-state index in [2.05, 4.69) is 31.1 Å². The molecule has 35 heteroatoms. The number of phosphoric ester groups is 1. The summed E-state index contributed by atoms with van der Waals surface area (Å²) in [5.41, 5.74) is 0.487. The molecule has 3 aliphatic heterocycles. The molecule has 15 N–H and O–H groups in total. The Morgan fingerprint density at radius 1 is 0.444 bits per heavy atom. The quantitative estimate of drug-likeness (QED) is 0.0269. The van der Waals surface area contributed by atoms with E-state index >= 15 is 0 Å². The molecule has 34 nitrogen and oxygen atoms in total. The third-order valence-electron chi connectivity index (χ3n) is 16.3. The minimum atomic E-state index is -4.11. The Morgan fingerprint density at radius 3 is 1.18 bits per heavy atom. The molecule has 99 heavy (non-hydrogen) atoms. The molecule has 0 saturated carbocycles. The second-order valence-corrected chi connectivity index (χ2v) is 26.1. The Kier molecular flexibility index (Phi) is 41.1. The number of aliphatic hydroxyl groups excluding tert-OH is 9. The Bertz CT molecular complexity index is 2530. The lowest BCUT2D eigenvalue weighted by atomic mass is 9.97. The van der Waals surface area contributed by atoms with Gasteiger partial charge in [-0.15, -0.1) is 0 Å². The number of aliphatic hydroxyl groups is 9. The lowest BCUT2D eigenvalue weighted by molar-refractivity contribution is -0.270. The molecule has 0 bridgehead atoms. The summed E-state index contributed by atoms with van der Waals surface area (Å²) in [6.45, 7) is 2.17. The van der Waals surface area contributed by atoms with E-state index in [0.717, 1.165) is 7.11 Å². The first-order chi connectivity index (χ1) is 47.3. The standard InChI is InChI=1S/C64H108N5O29P/c1-39(73)67-52-58(83)55(80)47(36-70)96-62(52)92-26-14-7-11-19-43(76)21-18-29-91-61-45(89-31-24-65-50(78)22-12-8-15-27-93-63-53(68-40(2)74)59(84)56(81)48(37-71)97-63)34-42(33-44(77)20-10-5-6-17-30-95-99(86,87)88-4)35-46(61)90-32-25-66-51(79)23-13-9-16-28-94-64-54(69-41(3)75)60(85)57(82)49(38-72)98-64/h34-35,47-49,52-60,62-64,70-72,80-85H,5-33,36-38H2,1-4H3,(H,65,78)(H,66,79)(H,67,73)(H,68,74)(H,69,75)(H,86,87). The minimum Gasteiger partial charge on any atom is -0.488 e. The normalized spacial score (nSPS) is 25.9. The second-order valence-electron chi connectivity index (χ2n) is 24.5. The molecule has 0 spiro atoms. The summed E-state index contributed by atoms with van der Waals surface area (Å²) in [5, 5.41) is 105. The largest absolute Gasteiger partial charge is 0.488 e. The maximum absolute atomic E-state index is 13.5. The highest BCUT2D eigenvalue weighted by atomic mass is 31.2. The van der Waals surface area contributed by atoms with Crippen molar-refractivity contribution in [2.75, 3.05) is 86.3 Å². The van der Waals surface area contributed by atoms with Gasteiger partial charge in [-0.25, -0.2) is 4.57 Å². The van der Waals surface area contributed by atoms with Crippen molar-refractivity contribution in [1.82, 2.24) is 26.6 Å². The third kappa shape index (κ3) is 31.9. The monoisotopic (exact) mass is 1440 g/mol. The molecule has 5 amide bonds. The van der Waals surface area contributed by atoms with Crippen LogP contribution in [0.3, 0.4) is 0 Å². The molecule has 0 aromatic heterocycles. The molecular formula is C64H108N5O29P. The highest BCUT2D eigenvalue weighted by Crippen LogP contribution is 2.42. The molecule has 568 valence electrons. The van der Waals surface area contributed by atoms with E-state index in [1.165, 1.54) is 20.8 Å². The number of hydrogen-bond donors (Lipinski definition) is 15. The zero-order valence-corrected chi connectivity index (χ0v) is 58.0. The van der Waals surface area contributed by atoms with Gasteiger partial charge >= 0.3 is 7.82 Å². The van der Waals surface area contributed by atoms with Crippen molar-refractivity contribution in [3.63, 3.8) is 0 Å². The predicted octanol–water partition coefficient (Wildman–Crippen LogP) is -1.21. The lowest BCUT2D eigenvalue weighted by Gasteiger charge is -2.42. The lowest BCUT2D eigenvalue weighted by Crippen LogP contribution is -2.64. The van der Waals surface area contributed by atoms with Crippen LogP contribution in [0, 0.1) is 0 Å². The van der Waals surface area contributed by atoms with Crippen LogP contribution in [0.4, 0.5) is 0 Å². The predicted molar refractivity (Wildman–Crippen MR) is 347 cm³/mol. The van der Waals surface area contributed by atoms with Gasteiger partial charge in [0.2, 0.25) is 35.3 Å². The van der Waals surface area contributed by atoms with Gasteiger partial charge < -0.3 is 120 Å². The van der Waals surface area contributed by atoms with E-state index in [0.29, 0.717) is 89.0 Å². The van der Waals surface area contributed by atoms with Crippen LogP contribution in [-0.2, 0) is 82.0 Å². The van der Waals surface area contributed by atoms with Crippen LogP contribution in [0.25, 0.3) is 0 Å². The van der Waals surface area contributed by atoms with Gasteiger partial charge in [0.1, 0.15) is 97.8 Å². The highest BCUT2D eigenvalue weighted by molar-refractivity contribution is 7.47. The summed E-state index contributed by atoms with van der Waals surface area (Å²) in [6.07, 6.45) is -7.92. The van der Waals surface area contributed by atoms with Gasteiger partial charge in [0.15, 0.2) is 30.4 Å². The number of nitrogens with one attached hydrogen (secondary N) is 5. The van der Waals surface area contributed by atoms with E-state index in [1.54, 1.807) is 12.1 Å². The summed E-state index contributed by atoms with van der Waals surface area (Å²) >= 11 is 0. The van der Waals surface area contributed by atoms with Gasteiger partial charge in [-0.2, -0.15) is 0 Å². The fourth-order valence-corrected chi connectivity index (χ4v) is 11.5. The van der Waals surface area contributed by atoms with Crippen LogP contribution in [0.5, 0.6) is 17.2 Å². The van der Waals surface area contributed by atoms with Crippen LogP contribution in [0.2, 0.25) is 0 Å². The molecule has 1 aromatic carbocycles. The minimum absolute atomic E-state index is 0.00236. The number of phosphoric acid groups is 1. The molecule has 3 heterocycles. The van der Waals surface area contributed by atoms with Gasteiger partial charge in [0, 0.05) is 86.2 Å². The van der Waals surface area contributed by atoms with Crippen LogP contribution < -0.4 is 40.8 Å². The van der Waals surface area contributed by atoms with Crippen molar-refractivity contribution in [2.45, 2.75) is 241 Å². The Labute approximate surface area is 576 Å². The number of hydrogen-bond acceptors (Lipinski definition) is 28. The zero-order valence-electron chi connectivity index (χ0n) is 57.1. The molecular weight excluding hydrogens is 1330 g/mol. The number of Topliss-reactive ketones (excluding diaryl/α,β-unsaturated/α-hetero) is 2. The molecule has 1 aromatic rings. The fraction of sp³-hybridized carbons (Fsp3) is 0.797. The number of amides is 5. The summed E-state index contributed by atoms with van der Waals surface area (Å²) in [6, 6.07) is -0.0334. The first-order valence-corrected chi connectivity index (χ1v) is 35.5. The van der Waals surface area contributed by atoms with Crippen molar-refractivity contribution in [3.8, 4) is 17.2 Å². The van der Waals surface area contributed by atoms with Gasteiger partial charge in [-0.05, 0) is 75.5 Å². The van der Waals surface area contributed by atoms with Crippen LogP contribution in [0.15, 0.2) is 12.1 Å². The summed E-state index contributed by atoms with van der Waals surface area (Å²) in [4.78, 5) is 97.7. The molecule has 0 aliphatic carbocycles. The van der Waals surface area contributed by atoms with E-state index < -0.39 is 137 Å². The maximum Gasteiger partial charge on any atom is 0.471 e. The molecule has 4 rings (SSSR count). The molecule has 3 aliphatic rings. The summed E-state index contributed by atoms with van der Waals surface area (Å²) in [7, 11) is -3.05. The average molecular weight is 1440 g/mol. The number of ketones is 2.